The molecule has 1 heterocycles. The van der Waals surface area contributed by atoms with Gasteiger partial charge in [-0.2, -0.15) is 0 Å². The quantitative estimate of drug-likeness (QED) is 0.626. The molecule has 0 fully saturated rings. The summed E-state index contributed by atoms with van der Waals surface area (Å²) in [7, 11) is 3.08. The second-order valence-electron chi connectivity index (χ2n) is 9.37. The van der Waals surface area contributed by atoms with Crippen molar-refractivity contribution in [1.29, 1.82) is 0 Å². The van der Waals surface area contributed by atoms with Gasteiger partial charge in [-0.3, -0.25) is 14.5 Å². The fourth-order valence-corrected chi connectivity index (χ4v) is 5.08. The van der Waals surface area contributed by atoms with Crippen LogP contribution in [0.2, 0.25) is 5.02 Å². The van der Waals surface area contributed by atoms with E-state index >= 15 is 0 Å². The highest BCUT2D eigenvalue weighted by atomic mass is 35.5. The van der Waals surface area contributed by atoms with Crippen molar-refractivity contribution in [1.82, 2.24) is 0 Å². The lowest BCUT2D eigenvalue weighted by atomic mass is 9.69. The van der Waals surface area contributed by atoms with E-state index in [1.807, 2.05) is 19.9 Å². The zero-order valence-electron chi connectivity index (χ0n) is 19.5. The smallest absolute Gasteiger partial charge is 0.337 e. The molecule has 34 heavy (non-hydrogen) atoms. The van der Waals surface area contributed by atoms with Crippen LogP contribution in [0.3, 0.4) is 0 Å². The highest BCUT2D eigenvalue weighted by molar-refractivity contribution is 6.33. The maximum atomic E-state index is 13.5. The summed E-state index contributed by atoms with van der Waals surface area (Å²) in [5.74, 6) is -0.784. The first kappa shape index (κ1) is 23.8. The van der Waals surface area contributed by atoms with Crippen LogP contribution in [-0.2, 0) is 9.59 Å². The summed E-state index contributed by atoms with van der Waals surface area (Å²) in [5, 5.41) is 9.60. The van der Waals surface area contributed by atoms with Crippen molar-refractivity contribution < 1.29 is 29.0 Å². The van der Waals surface area contributed by atoms with Crippen LogP contribution in [0, 0.1) is 5.41 Å². The number of carbonyl (C=O) groups excluding carboxylic acids is 2. The highest BCUT2D eigenvalue weighted by Gasteiger charge is 2.44. The molecule has 2 aromatic rings. The molecule has 1 unspecified atom stereocenters. The van der Waals surface area contributed by atoms with Crippen molar-refractivity contribution in [3.63, 3.8) is 0 Å². The van der Waals surface area contributed by atoms with Gasteiger partial charge in [0.15, 0.2) is 17.3 Å². The van der Waals surface area contributed by atoms with Gasteiger partial charge in [-0.25, -0.2) is 4.79 Å². The minimum Gasteiger partial charge on any atom is -0.493 e. The van der Waals surface area contributed by atoms with E-state index in [1.54, 1.807) is 25.3 Å². The number of aromatic carboxylic acids is 1. The number of halogens is 1. The van der Waals surface area contributed by atoms with E-state index < -0.39 is 11.9 Å². The summed E-state index contributed by atoms with van der Waals surface area (Å²) < 4.78 is 10.8. The van der Waals surface area contributed by atoms with E-state index in [1.165, 1.54) is 24.1 Å². The van der Waals surface area contributed by atoms with Gasteiger partial charge in [0.1, 0.15) is 0 Å². The number of anilines is 1. The summed E-state index contributed by atoms with van der Waals surface area (Å²) in [6.07, 6.45) is 0.915. The Morgan fingerprint density at radius 1 is 1.06 bits per heavy atom. The topological polar surface area (TPSA) is 93.1 Å². The molecule has 1 amide bonds. The lowest BCUT2D eigenvalue weighted by Crippen LogP contribution is -2.43. The van der Waals surface area contributed by atoms with Crippen LogP contribution in [0.25, 0.3) is 0 Å². The van der Waals surface area contributed by atoms with E-state index in [2.05, 4.69) is 0 Å². The number of benzene rings is 2. The molecule has 0 radical (unpaired) electrons. The molecular weight excluding hydrogens is 458 g/mol. The summed E-state index contributed by atoms with van der Waals surface area (Å²) in [6.45, 7) is 3.98. The van der Waals surface area contributed by atoms with Crippen LogP contribution >= 0.6 is 11.6 Å². The molecule has 1 aliphatic heterocycles. The Bertz CT molecular complexity index is 1230. The first-order valence-corrected chi connectivity index (χ1v) is 11.3. The van der Waals surface area contributed by atoms with Gasteiger partial charge in [-0.05, 0) is 47.7 Å². The van der Waals surface area contributed by atoms with Gasteiger partial charge in [-0.15, -0.1) is 0 Å². The maximum absolute atomic E-state index is 13.5. The number of hydrogen-bond acceptors (Lipinski definition) is 5. The van der Waals surface area contributed by atoms with Crippen LogP contribution < -0.4 is 14.4 Å². The molecule has 7 nitrogen and oxygen atoms in total. The first-order valence-electron chi connectivity index (χ1n) is 10.9. The standard InChI is InChI=1S/C26H26ClNO6/c1-26(2)12-19-24(20(29)13-26)16(14-5-8-21(33-3)22(9-14)34-4)11-23(30)28(19)15-6-7-18(27)17(10-15)25(31)32/h5-10,16H,11-13H2,1-4H3,(H,31,32). The molecule has 1 atom stereocenters. The molecule has 178 valence electrons. The van der Waals surface area contributed by atoms with Crippen molar-refractivity contribution in [2.24, 2.45) is 5.41 Å². The van der Waals surface area contributed by atoms with E-state index in [0.717, 1.165) is 5.56 Å². The fourth-order valence-electron chi connectivity index (χ4n) is 4.89. The molecule has 8 heteroatoms. The van der Waals surface area contributed by atoms with E-state index in [4.69, 9.17) is 21.1 Å². The fraction of sp³-hybridized carbons (Fsp3) is 0.346. The Balaban J connectivity index is 1.90. The number of carboxylic acid groups (broad SMARTS) is 1. The Labute approximate surface area is 202 Å². The average Bonchev–Trinajstić information content (AvgIpc) is 2.77. The van der Waals surface area contributed by atoms with Gasteiger partial charge in [0.25, 0.3) is 0 Å². The summed E-state index contributed by atoms with van der Waals surface area (Å²) in [4.78, 5) is 40.1. The third-order valence-corrected chi connectivity index (χ3v) is 6.72. The van der Waals surface area contributed by atoms with Crippen molar-refractivity contribution in [2.75, 3.05) is 19.1 Å². The second kappa shape index (κ2) is 8.80. The van der Waals surface area contributed by atoms with Crippen molar-refractivity contribution >= 4 is 34.9 Å². The Kier molecular flexibility index (Phi) is 6.16. The molecule has 0 saturated heterocycles. The third kappa shape index (κ3) is 4.16. The van der Waals surface area contributed by atoms with Crippen molar-refractivity contribution in [3.8, 4) is 11.5 Å². The molecule has 0 spiro atoms. The Morgan fingerprint density at radius 3 is 2.41 bits per heavy atom. The number of Topliss-reactive ketones (excluding diaryl/α,β-unsaturated/α-hetero) is 1. The van der Waals surface area contributed by atoms with Crippen LogP contribution in [0.1, 0.15) is 54.9 Å². The van der Waals surface area contributed by atoms with E-state index in [9.17, 15) is 19.5 Å². The molecule has 0 saturated carbocycles. The SMILES string of the molecule is COc1ccc(C2CC(=O)N(c3ccc(Cl)c(C(=O)O)c3)C3=C2C(=O)CC(C)(C)C3)cc1OC. The zero-order chi connectivity index (χ0) is 24.8. The average molecular weight is 484 g/mol. The minimum absolute atomic E-state index is 0.0176. The first-order chi connectivity index (χ1) is 16.1. The zero-order valence-corrected chi connectivity index (χ0v) is 20.2. The molecule has 1 aliphatic carbocycles. The number of amides is 1. The van der Waals surface area contributed by atoms with Gasteiger partial charge >= 0.3 is 5.97 Å². The number of allylic oxidation sites excluding steroid dienone is 2. The number of methoxy groups -OCH3 is 2. The number of hydrogen-bond donors (Lipinski definition) is 1. The van der Waals surface area contributed by atoms with Gasteiger partial charge < -0.3 is 14.6 Å². The molecular formula is C26H26ClNO6. The number of nitrogens with zero attached hydrogens (tertiary/aromatic N) is 1. The van der Waals surface area contributed by atoms with Crippen LogP contribution in [-0.4, -0.2) is 37.0 Å². The van der Waals surface area contributed by atoms with Crippen molar-refractivity contribution in [3.05, 3.63) is 63.8 Å². The van der Waals surface area contributed by atoms with Crippen LogP contribution in [0.15, 0.2) is 47.7 Å². The molecule has 2 aromatic carbocycles. The van der Waals surface area contributed by atoms with Crippen LogP contribution in [0.4, 0.5) is 5.69 Å². The number of rotatable bonds is 5. The van der Waals surface area contributed by atoms with E-state index in [0.29, 0.717) is 41.3 Å². The van der Waals surface area contributed by atoms with Gasteiger partial charge in [0, 0.05) is 35.7 Å². The molecule has 4 rings (SSSR count). The summed E-state index contributed by atoms with van der Waals surface area (Å²) in [6, 6.07) is 9.87. The predicted molar refractivity (Wildman–Crippen MR) is 128 cm³/mol. The summed E-state index contributed by atoms with van der Waals surface area (Å²) in [5.41, 5.74) is 1.91. The molecule has 0 bridgehead atoms. The normalized spacial score (nSPS) is 19.7. The number of ether oxygens (including phenoxy) is 2. The van der Waals surface area contributed by atoms with Crippen molar-refractivity contribution in [2.45, 2.75) is 39.0 Å². The van der Waals surface area contributed by atoms with E-state index in [-0.39, 0.29) is 34.1 Å². The molecule has 1 N–H and O–H groups in total. The lowest BCUT2D eigenvalue weighted by Gasteiger charge is -2.43. The number of ketones is 1. The summed E-state index contributed by atoms with van der Waals surface area (Å²) >= 11 is 6.06. The minimum atomic E-state index is -1.19. The molecule has 2 aliphatic rings. The van der Waals surface area contributed by atoms with Gasteiger partial charge in [0.2, 0.25) is 5.91 Å². The maximum Gasteiger partial charge on any atom is 0.337 e. The largest absolute Gasteiger partial charge is 0.493 e. The Morgan fingerprint density at radius 2 is 1.76 bits per heavy atom. The highest BCUT2D eigenvalue weighted by Crippen LogP contribution is 2.49. The lowest BCUT2D eigenvalue weighted by molar-refractivity contribution is -0.121. The number of carboxylic acids is 1. The monoisotopic (exact) mass is 483 g/mol. The van der Waals surface area contributed by atoms with Gasteiger partial charge in [0.05, 0.1) is 24.8 Å². The second-order valence-corrected chi connectivity index (χ2v) is 9.78. The van der Waals surface area contributed by atoms with Gasteiger partial charge in [-0.1, -0.05) is 31.5 Å². The van der Waals surface area contributed by atoms with Crippen LogP contribution in [0.5, 0.6) is 11.5 Å². The third-order valence-electron chi connectivity index (χ3n) is 6.39. The Hall–Kier alpha value is -3.32. The molecule has 0 aromatic heterocycles. The predicted octanol–water partition coefficient (Wildman–Crippen LogP) is 5.22. The number of carbonyl (C=O) groups is 3.